The number of carbonyl (C=O) groups is 3. The predicted octanol–water partition coefficient (Wildman–Crippen LogP) is 4.50. The minimum Gasteiger partial charge on any atom is -0.487 e. The zero-order valence-corrected chi connectivity index (χ0v) is 21.9. The number of carboxylic acid groups (broad SMARTS) is 1. The van der Waals surface area contributed by atoms with Crippen LogP contribution in [0, 0.1) is 18.3 Å². The van der Waals surface area contributed by atoms with Crippen molar-refractivity contribution in [2.45, 2.75) is 71.6 Å². The summed E-state index contributed by atoms with van der Waals surface area (Å²) >= 11 is 6.64. The van der Waals surface area contributed by atoms with Gasteiger partial charge in [-0.2, -0.15) is 0 Å². The molecule has 0 radical (unpaired) electrons. The highest BCUT2D eigenvalue weighted by atomic mass is 35.5. The van der Waals surface area contributed by atoms with E-state index in [-0.39, 0.29) is 18.4 Å². The Balaban J connectivity index is 1.56. The van der Waals surface area contributed by atoms with Gasteiger partial charge in [0.2, 0.25) is 11.8 Å². The van der Waals surface area contributed by atoms with E-state index in [0.29, 0.717) is 73.0 Å². The summed E-state index contributed by atoms with van der Waals surface area (Å²) in [5.41, 5.74) is 1.01. The van der Waals surface area contributed by atoms with Gasteiger partial charge in [-0.05, 0) is 57.2 Å². The van der Waals surface area contributed by atoms with Gasteiger partial charge >= 0.3 is 5.97 Å². The van der Waals surface area contributed by atoms with E-state index in [1.165, 1.54) is 0 Å². The molecular formula is C27H32ClN3O6. The second-order valence-corrected chi connectivity index (χ2v) is 10.9. The van der Waals surface area contributed by atoms with Crippen LogP contribution in [0.3, 0.4) is 0 Å². The smallest absolute Gasteiger partial charge is 0.310 e. The van der Waals surface area contributed by atoms with Gasteiger partial charge in [0.15, 0.2) is 0 Å². The number of halogens is 1. The molecule has 2 aliphatic heterocycles. The molecule has 5 rings (SSSR count). The van der Waals surface area contributed by atoms with E-state index in [9.17, 15) is 19.5 Å². The lowest BCUT2D eigenvalue weighted by molar-refractivity contribution is -0.165. The number of rotatable bonds is 6. The summed E-state index contributed by atoms with van der Waals surface area (Å²) in [6.45, 7) is 4.48. The molecule has 1 unspecified atom stereocenters. The number of ether oxygens (including phenoxy) is 1. The van der Waals surface area contributed by atoms with Gasteiger partial charge in [0.25, 0.3) is 0 Å². The maximum atomic E-state index is 14.2. The highest BCUT2D eigenvalue weighted by Gasteiger charge is 2.51. The maximum Gasteiger partial charge on any atom is 0.310 e. The molecular weight excluding hydrogens is 498 g/mol. The first kappa shape index (κ1) is 25.6. The minimum atomic E-state index is -1.15. The van der Waals surface area contributed by atoms with Crippen molar-refractivity contribution < 1.29 is 28.8 Å². The molecule has 2 amide bonds. The fourth-order valence-electron chi connectivity index (χ4n) is 6.10. The van der Waals surface area contributed by atoms with E-state index in [1.54, 1.807) is 41.8 Å². The molecule has 37 heavy (non-hydrogen) atoms. The quantitative estimate of drug-likeness (QED) is 0.586. The zero-order chi connectivity index (χ0) is 26.3. The van der Waals surface area contributed by atoms with Crippen molar-refractivity contribution in [2.75, 3.05) is 13.1 Å². The number of amides is 2. The average Bonchev–Trinajstić information content (AvgIpc) is 3.50. The van der Waals surface area contributed by atoms with Gasteiger partial charge in [-0.3, -0.25) is 14.4 Å². The fraction of sp³-hybridized carbons (Fsp3) is 0.556. The molecule has 0 bridgehead atoms. The molecule has 1 aliphatic carbocycles. The molecule has 2 fully saturated rings. The van der Waals surface area contributed by atoms with Crippen LogP contribution >= 0.6 is 11.6 Å². The van der Waals surface area contributed by atoms with Crippen LogP contribution in [-0.2, 0) is 27.4 Å². The van der Waals surface area contributed by atoms with E-state index in [1.807, 2.05) is 0 Å². The van der Waals surface area contributed by atoms with Crippen LogP contribution < -0.4 is 4.74 Å². The largest absolute Gasteiger partial charge is 0.487 e. The molecule has 3 aliphatic rings. The summed E-state index contributed by atoms with van der Waals surface area (Å²) in [5, 5.41) is 14.6. The van der Waals surface area contributed by atoms with E-state index >= 15 is 0 Å². The van der Waals surface area contributed by atoms with Crippen LogP contribution in [0.15, 0.2) is 22.7 Å². The lowest BCUT2D eigenvalue weighted by Gasteiger charge is -2.46. The van der Waals surface area contributed by atoms with Gasteiger partial charge in [0.05, 0.1) is 11.3 Å². The van der Waals surface area contributed by atoms with Crippen molar-refractivity contribution in [2.24, 2.45) is 11.3 Å². The number of benzene rings is 1. The summed E-state index contributed by atoms with van der Waals surface area (Å²) < 4.78 is 11.3. The first-order valence-electron chi connectivity index (χ1n) is 12.9. The number of likely N-dealkylation sites (tertiary alicyclic amines) is 1. The number of aliphatic carboxylic acids is 1. The molecule has 1 saturated carbocycles. The van der Waals surface area contributed by atoms with Gasteiger partial charge in [-0.25, -0.2) is 0 Å². The number of carboxylic acids is 1. The number of aromatic nitrogens is 1. The van der Waals surface area contributed by atoms with Crippen molar-refractivity contribution in [1.82, 2.24) is 15.0 Å². The Labute approximate surface area is 220 Å². The number of fused-ring (bicyclic) bond motifs is 1. The zero-order valence-electron chi connectivity index (χ0n) is 21.2. The van der Waals surface area contributed by atoms with Crippen LogP contribution in [0.5, 0.6) is 5.75 Å². The van der Waals surface area contributed by atoms with E-state index in [2.05, 4.69) is 5.16 Å². The molecule has 3 atom stereocenters. The molecule has 1 aromatic heterocycles. The lowest BCUT2D eigenvalue weighted by atomic mass is 9.66. The maximum absolute atomic E-state index is 14.2. The number of nitrogens with zero attached hydrogens (tertiary/aromatic N) is 3. The number of carbonyl (C=O) groups excluding carboxylic acids is 2. The molecule has 0 spiro atoms. The Morgan fingerprint density at radius 2 is 2.05 bits per heavy atom. The van der Waals surface area contributed by atoms with Crippen molar-refractivity contribution in [3.8, 4) is 5.75 Å². The Bertz CT molecular complexity index is 1230. The minimum absolute atomic E-state index is 0.0432. The Hall–Kier alpha value is -3.07. The van der Waals surface area contributed by atoms with Crippen LogP contribution in [0.1, 0.15) is 74.2 Å². The topological polar surface area (TPSA) is 113 Å². The molecule has 1 N–H and O–H groups in total. The summed E-state index contributed by atoms with van der Waals surface area (Å²) in [6.07, 6.45) is 3.40. The monoisotopic (exact) mass is 529 g/mol. The van der Waals surface area contributed by atoms with E-state index in [4.69, 9.17) is 20.9 Å². The fourth-order valence-corrected chi connectivity index (χ4v) is 6.35. The predicted molar refractivity (Wildman–Crippen MR) is 134 cm³/mol. The van der Waals surface area contributed by atoms with Crippen LogP contribution in [-0.4, -0.2) is 50.9 Å². The summed E-state index contributed by atoms with van der Waals surface area (Å²) in [6, 6.07) is 5.32. The van der Waals surface area contributed by atoms with Crippen molar-refractivity contribution in [1.29, 1.82) is 0 Å². The third-order valence-corrected chi connectivity index (χ3v) is 8.51. The summed E-state index contributed by atoms with van der Waals surface area (Å²) in [7, 11) is 0. The third kappa shape index (κ3) is 4.58. The molecule has 3 heterocycles. The van der Waals surface area contributed by atoms with Crippen molar-refractivity contribution >= 4 is 29.4 Å². The Morgan fingerprint density at radius 1 is 1.24 bits per heavy atom. The number of hydrogen-bond acceptors (Lipinski definition) is 6. The van der Waals surface area contributed by atoms with Gasteiger partial charge in [-0.15, -0.1) is 0 Å². The SMILES string of the molecule is Cc1cc(COc2ccc(Cl)c3c2C(N2CCCC2=O)N(C(=O)[C@@H]2CCCC[C@]2(C)C(=O)O)CC3)no1. The second kappa shape index (κ2) is 10.0. The molecule has 1 aromatic carbocycles. The molecule has 198 valence electrons. The van der Waals surface area contributed by atoms with Gasteiger partial charge in [-0.1, -0.05) is 29.6 Å². The summed E-state index contributed by atoms with van der Waals surface area (Å²) in [4.78, 5) is 42.9. The van der Waals surface area contributed by atoms with Crippen LogP contribution in [0.2, 0.25) is 5.02 Å². The normalized spacial score (nSPS) is 25.8. The second-order valence-electron chi connectivity index (χ2n) is 10.5. The van der Waals surface area contributed by atoms with Crippen LogP contribution in [0.25, 0.3) is 0 Å². The first-order chi connectivity index (χ1) is 17.7. The first-order valence-corrected chi connectivity index (χ1v) is 13.3. The Kier molecular flexibility index (Phi) is 6.91. The van der Waals surface area contributed by atoms with Gasteiger partial charge in [0, 0.05) is 36.2 Å². The molecule has 9 nitrogen and oxygen atoms in total. The lowest BCUT2D eigenvalue weighted by Crippen LogP contribution is -2.54. The van der Waals surface area contributed by atoms with Crippen molar-refractivity contribution in [3.63, 3.8) is 0 Å². The van der Waals surface area contributed by atoms with Crippen LogP contribution in [0.4, 0.5) is 0 Å². The number of aryl methyl sites for hydroxylation is 1. The highest BCUT2D eigenvalue weighted by molar-refractivity contribution is 6.31. The summed E-state index contributed by atoms with van der Waals surface area (Å²) in [5.74, 6) is -0.694. The highest BCUT2D eigenvalue weighted by Crippen LogP contribution is 2.47. The standard InChI is InChI=1S/C27H32ClN3O6/c1-16-14-17(29-37-16)15-36-21-9-8-20(28)18-10-13-31(24(23(18)21)30-12-5-7-22(30)32)25(33)19-6-3-4-11-27(19,2)26(34)35/h8-9,14,19,24H,3-7,10-13,15H2,1-2H3,(H,34,35)/t19-,24?,27-/m0/s1. The Morgan fingerprint density at radius 3 is 2.73 bits per heavy atom. The number of hydrogen-bond donors (Lipinski definition) is 1. The molecule has 10 heteroatoms. The average molecular weight is 530 g/mol. The van der Waals surface area contributed by atoms with Crippen molar-refractivity contribution in [3.05, 3.63) is 45.8 Å². The molecule has 1 saturated heterocycles. The third-order valence-electron chi connectivity index (χ3n) is 8.15. The molecule has 2 aromatic rings. The van der Waals surface area contributed by atoms with Gasteiger partial charge < -0.3 is 24.2 Å². The van der Waals surface area contributed by atoms with E-state index < -0.39 is 23.5 Å². The van der Waals surface area contributed by atoms with Gasteiger partial charge in [0.1, 0.15) is 30.0 Å². The van der Waals surface area contributed by atoms with E-state index in [0.717, 1.165) is 18.4 Å².